The van der Waals surface area contributed by atoms with Crippen molar-refractivity contribution in [2.75, 3.05) is 6.61 Å². The maximum Gasteiger partial charge on any atom is 0.261 e. The third kappa shape index (κ3) is 6.77. The van der Waals surface area contributed by atoms with Crippen molar-refractivity contribution in [2.45, 2.75) is 59.2 Å². The summed E-state index contributed by atoms with van der Waals surface area (Å²) in [7, 11) is 0. The molecule has 5 nitrogen and oxygen atoms in total. The first-order valence-electron chi connectivity index (χ1n) is 10.4. The molecular formula is C24H31ClN2O3. The topological polar surface area (TPSA) is 58.6 Å². The molecule has 0 aliphatic rings. The highest BCUT2D eigenvalue weighted by Crippen LogP contribution is 2.23. The Morgan fingerprint density at radius 1 is 1.10 bits per heavy atom. The van der Waals surface area contributed by atoms with Crippen molar-refractivity contribution >= 4 is 23.4 Å². The van der Waals surface area contributed by atoms with Gasteiger partial charge in [0.25, 0.3) is 5.91 Å². The lowest BCUT2D eigenvalue weighted by molar-refractivity contribution is -0.143. The number of carbonyl (C=O) groups excluding carboxylic acids is 2. The Labute approximate surface area is 184 Å². The molecular weight excluding hydrogens is 400 g/mol. The number of nitrogens with one attached hydrogen (secondary N) is 1. The van der Waals surface area contributed by atoms with Gasteiger partial charge in [0.05, 0.1) is 5.02 Å². The molecule has 2 aromatic carbocycles. The zero-order valence-corrected chi connectivity index (χ0v) is 18.9. The minimum atomic E-state index is -0.582. The van der Waals surface area contributed by atoms with Crippen molar-refractivity contribution in [1.29, 1.82) is 0 Å². The second kappa shape index (κ2) is 11.6. The largest absolute Gasteiger partial charge is 0.482 e. The van der Waals surface area contributed by atoms with E-state index < -0.39 is 6.04 Å². The van der Waals surface area contributed by atoms with Crippen LogP contribution in [0.25, 0.3) is 0 Å². The van der Waals surface area contributed by atoms with Gasteiger partial charge in [0.1, 0.15) is 11.8 Å². The van der Waals surface area contributed by atoms with Gasteiger partial charge in [-0.3, -0.25) is 9.59 Å². The first kappa shape index (κ1) is 23.7. The van der Waals surface area contributed by atoms with E-state index in [1.807, 2.05) is 52.0 Å². The maximum atomic E-state index is 13.2. The van der Waals surface area contributed by atoms with Crippen LogP contribution in [0.4, 0.5) is 0 Å². The molecule has 162 valence electrons. The average Bonchev–Trinajstić information content (AvgIpc) is 2.72. The van der Waals surface area contributed by atoms with Gasteiger partial charge in [-0.25, -0.2) is 0 Å². The molecule has 2 rings (SSSR count). The summed E-state index contributed by atoms with van der Waals surface area (Å²) in [5, 5.41) is 3.44. The Morgan fingerprint density at radius 3 is 2.47 bits per heavy atom. The molecule has 2 aromatic rings. The summed E-state index contributed by atoms with van der Waals surface area (Å²) in [6.07, 6.45) is 1.33. The second-order valence-electron chi connectivity index (χ2n) is 7.47. The van der Waals surface area contributed by atoms with Crippen LogP contribution in [0.5, 0.6) is 5.75 Å². The molecule has 0 saturated carbocycles. The van der Waals surface area contributed by atoms with E-state index in [0.717, 1.165) is 17.5 Å². The first-order valence-corrected chi connectivity index (χ1v) is 10.8. The second-order valence-corrected chi connectivity index (χ2v) is 7.88. The number of nitrogens with zero attached hydrogens (tertiary/aromatic N) is 1. The SMILES string of the molecule is CC[C@@H](C)NC(=O)[C@H](CC)N(Cc1cccc(C)c1)C(=O)COc1ccccc1Cl. The van der Waals surface area contributed by atoms with Gasteiger partial charge in [-0.1, -0.05) is 67.4 Å². The third-order valence-corrected chi connectivity index (χ3v) is 5.32. The zero-order valence-electron chi connectivity index (χ0n) is 18.2. The Kier molecular flexibility index (Phi) is 9.18. The lowest BCUT2D eigenvalue weighted by atomic mass is 10.1. The predicted octanol–water partition coefficient (Wildman–Crippen LogP) is 4.75. The number of benzene rings is 2. The molecule has 0 heterocycles. The van der Waals surface area contributed by atoms with Crippen LogP contribution in [0.1, 0.15) is 44.7 Å². The summed E-state index contributed by atoms with van der Waals surface area (Å²) in [4.78, 5) is 27.7. The van der Waals surface area contributed by atoms with Crippen molar-refractivity contribution in [3.63, 3.8) is 0 Å². The number of aryl methyl sites for hydroxylation is 1. The fourth-order valence-corrected chi connectivity index (χ4v) is 3.34. The normalized spacial score (nSPS) is 12.7. The number of carbonyl (C=O) groups is 2. The first-order chi connectivity index (χ1) is 14.3. The molecule has 0 aliphatic heterocycles. The lowest BCUT2D eigenvalue weighted by Crippen LogP contribution is -2.51. The van der Waals surface area contributed by atoms with Crippen LogP contribution in [0.3, 0.4) is 0 Å². The molecule has 1 N–H and O–H groups in total. The minimum absolute atomic E-state index is 0.0434. The Bertz CT molecular complexity index is 856. The fourth-order valence-electron chi connectivity index (χ4n) is 3.15. The molecule has 0 saturated heterocycles. The quantitative estimate of drug-likeness (QED) is 0.591. The van der Waals surface area contributed by atoms with Gasteiger partial charge in [-0.2, -0.15) is 0 Å². The van der Waals surface area contributed by atoms with Crippen LogP contribution < -0.4 is 10.1 Å². The number of hydrogen-bond donors (Lipinski definition) is 1. The van der Waals surface area contributed by atoms with Crippen LogP contribution in [0.2, 0.25) is 5.02 Å². The van der Waals surface area contributed by atoms with Gasteiger partial charge in [-0.05, 0) is 44.4 Å². The van der Waals surface area contributed by atoms with Crippen molar-refractivity contribution in [3.05, 3.63) is 64.7 Å². The molecule has 0 aliphatic carbocycles. The number of ether oxygens (including phenoxy) is 1. The molecule has 0 radical (unpaired) electrons. The highest BCUT2D eigenvalue weighted by atomic mass is 35.5. The molecule has 30 heavy (non-hydrogen) atoms. The summed E-state index contributed by atoms with van der Waals surface area (Å²) >= 11 is 6.13. The van der Waals surface area contributed by atoms with E-state index in [1.165, 1.54) is 0 Å². The maximum absolute atomic E-state index is 13.2. The van der Waals surface area contributed by atoms with Crippen LogP contribution in [-0.4, -0.2) is 35.4 Å². The molecule has 6 heteroatoms. The van der Waals surface area contributed by atoms with Crippen molar-refractivity contribution in [1.82, 2.24) is 10.2 Å². The molecule has 0 unspecified atom stereocenters. The summed E-state index contributed by atoms with van der Waals surface area (Å²) in [6.45, 7) is 8.02. The van der Waals surface area contributed by atoms with Gasteiger partial charge in [-0.15, -0.1) is 0 Å². The Morgan fingerprint density at radius 2 is 1.83 bits per heavy atom. The number of hydrogen-bond acceptors (Lipinski definition) is 3. The van der Waals surface area contributed by atoms with E-state index in [2.05, 4.69) is 5.32 Å². The summed E-state index contributed by atoms with van der Waals surface area (Å²) in [5.74, 6) is 0.0355. The highest BCUT2D eigenvalue weighted by molar-refractivity contribution is 6.32. The van der Waals surface area contributed by atoms with E-state index in [0.29, 0.717) is 23.7 Å². The van der Waals surface area contributed by atoms with Gasteiger partial charge in [0.2, 0.25) is 5.91 Å². The zero-order chi connectivity index (χ0) is 22.1. The van der Waals surface area contributed by atoms with Gasteiger partial charge >= 0.3 is 0 Å². The van der Waals surface area contributed by atoms with Gasteiger partial charge in [0, 0.05) is 12.6 Å². The summed E-state index contributed by atoms with van der Waals surface area (Å²) in [6, 6.07) is 14.4. The van der Waals surface area contributed by atoms with Crippen LogP contribution in [0, 0.1) is 6.92 Å². The molecule has 0 bridgehead atoms. The monoisotopic (exact) mass is 430 g/mol. The van der Waals surface area contributed by atoms with E-state index in [9.17, 15) is 9.59 Å². The third-order valence-electron chi connectivity index (χ3n) is 5.01. The van der Waals surface area contributed by atoms with E-state index in [1.54, 1.807) is 29.2 Å². The van der Waals surface area contributed by atoms with E-state index in [4.69, 9.17) is 16.3 Å². The highest BCUT2D eigenvalue weighted by Gasteiger charge is 2.29. The molecule has 2 amide bonds. The fraction of sp³-hybridized carbons (Fsp3) is 0.417. The number of halogens is 1. The number of rotatable bonds is 10. The van der Waals surface area contributed by atoms with Crippen molar-refractivity contribution in [3.8, 4) is 5.75 Å². The van der Waals surface area contributed by atoms with E-state index in [-0.39, 0.29) is 24.5 Å². The van der Waals surface area contributed by atoms with Crippen molar-refractivity contribution < 1.29 is 14.3 Å². The van der Waals surface area contributed by atoms with Crippen LogP contribution in [0.15, 0.2) is 48.5 Å². The van der Waals surface area contributed by atoms with Crippen LogP contribution >= 0.6 is 11.6 Å². The van der Waals surface area contributed by atoms with Crippen LogP contribution in [-0.2, 0) is 16.1 Å². The lowest BCUT2D eigenvalue weighted by Gasteiger charge is -2.31. The van der Waals surface area contributed by atoms with Gasteiger partial charge in [0.15, 0.2) is 6.61 Å². The number of para-hydroxylation sites is 1. The van der Waals surface area contributed by atoms with Gasteiger partial charge < -0.3 is 15.0 Å². The molecule has 0 aromatic heterocycles. The predicted molar refractivity (Wildman–Crippen MR) is 121 cm³/mol. The minimum Gasteiger partial charge on any atom is -0.482 e. The number of amides is 2. The molecule has 0 fully saturated rings. The smallest absolute Gasteiger partial charge is 0.261 e. The Hall–Kier alpha value is -2.53. The standard InChI is InChI=1S/C24H31ClN2O3/c1-5-18(4)26-24(29)21(6-2)27(15-19-11-9-10-17(3)14-19)23(28)16-30-22-13-8-7-12-20(22)25/h7-14,18,21H,5-6,15-16H2,1-4H3,(H,26,29)/t18-,21+/m1/s1. The summed E-state index contributed by atoms with van der Waals surface area (Å²) < 4.78 is 5.66. The molecule has 0 spiro atoms. The van der Waals surface area contributed by atoms with E-state index >= 15 is 0 Å². The molecule has 2 atom stereocenters. The summed E-state index contributed by atoms with van der Waals surface area (Å²) in [5.41, 5.74) is 2.07. The Balaban J connectivity index is 2.23. The average molecular weight is 431 g/mol. The van der Waals surface area contributed by atoms with Crippen molar-refractivity contribution in [2.24, 2.45) is 0 Å².